The Morgan fingerprint density at radius 2 is 1.67 bits per heavy atom. The van der Waals surface area contributed by atoms with Crippen LogP contribution >= 0.6 is 0 Å². The summed E-state index contributed by atoms with van der Waals surface area (Å²) in [4.78, 5) is 27.1. The third-order valence-corrected chi connectivity index (χ3v) is 8.36. The largest absolute Gasteiger partial charge is 0.350 e. The van der Waals surface area contributed by atoms with E-state index in [2.05, 4.69) is 5.32 Å². The number of anilines is 1. The van der Waals surface area contributed by atoms with Crippen molar-refractivity contribution in [1.82, 2.24) is 9.62 Å². The molecule has 0 radical (unpaired) electrons. The van der Waals surface area contributed by atoms with Gasteiger partial charge in [0.25, 0.3) is 0 Å². The molecule has 0 bridgehead atoms. The van der Waals surface area contributed by atoms with Crippen molar-refractivity contribution in [3.8, 4) is 0 Å². The maximum Gasteiger partial charge on any atom is 0.243 e. The molecule has 4 rings (SSSR count). The minimum atomic E-state index is -3.60. The van der Waals surface area contributed by atoms with Gasteiger partial charge in [0.2, 0.25) is 21.8 Å². The first-order valence-electron chi connectivity index (χ1n) is 11.5. The van der Waals surface area contributed by atoms with E-state index < -0.39 is 16.1 Å². The van der Waals surface area contributed by atoms with E-state index in [-0.39, 0.29) is 23.1 Å². The molecule has 1 saturated heterocycles. The Balaban J connectivity index is 1.54. The average Bonchev–Trinajstić information content (AvgIpc) is 2.96. The Hall–Kier alpha value is -2.71. The molecule has 2 aliphatic rings. The number of rotatable bonds is 5. The van der Waals surface area contributed by atoms with E-state index in [1.54, 1.807) is 22.5 Å². The highest BCUT2D eigenvalue weighted by atomic mass is 32.2. The third kappa shape index (κ3) is 4.96. The molecule has 2 aliphatic heterocycles. The molecule has 8 heteroatoms. The van der Waals surface area contributed by atoms with Crippen LogP contribution in [0, 0.1) is 6.92 Å². The number of sulfonamides is 1. The van der Waals surface area contributed by atoms with Crippen molar-refractivity contribution in [1.29, 1.82) is 0 Å². The van der Waals surface area contributed by atoms with Crippen molar-refractivity contribution in [2.45, 2.75) is 63.4 Å². The van der Waals surface area contributed by atoms with Crippen molar-refractivity contribution in [2.75, 3.05) is 18.0 Å². The van der Waals surface area contributed by atoms with Gasteiger partial charge in [-0.25, -0.2) is 8.42 Å². The molecule has 2 aromatic carbocycles. The summed E-state index contributed by atoms with van der Waals surface area (Å²) < 4.78 is 28.0. The SMILES string of the molecule is CC(=O)N1c2ccc(S(=O)(=O)N3CCCCCC3)cc2C[C@@H]1C(=O)NCc1ccc(C)cc1. The molecular weight excluding hydrogens is 438 g/mol. The minimum Gasteiger partial charge on any atom is -0.350 e. The number of aryl methyl sites for hydroxylation is 1. The van der Waals surface area contributed by atoms with Gasteiger partial charge in [0.05, 0.1) is 4.90 Å². The number of nitrogens with one attached hydrogen (secondary N) is 1. The monoisotopic (exact) mass is 469 g/mol. The Kier molecular flexibility index (Phi) is 6.86. The molecule has 7 nitrogen and oxygen atoms in total. The van der Waals surface area contributed by atoms with Gasteiger partial charge in [-0.1, -0.05) is 42.7 Å². The number of hydrogen-bond donors (Lipinski definition) is 1. The van der Waals surface area contributed by atoms with E-state index in [0.29, 0.717) is 30.9 Å². The molecule has 0 spiro atoms. The average molecular weight is 470 g/mol. The first kappa shape index (κ1) is 23.4. The van der Waals surface area contributed by atoms with Crippen molar-refractivity contribution in [3.05, 3.63) is 59.2 Å². The van der Waals surface area contributed by atoms with Gasteiger partial charge in [0, 0.05) is 38.7 Å². The number of nitrogens with zero attached hydrogens (tertiary/aromatic N) is 2. The molecule has 0 aliphatic carbocycles. The van der Waals surface area contributed by atoms with Gasteiger partial charge in [-0.15, -0.1) is 0 Å². The Bertz CT molecular complexity index is 1140. The predicted molar refractivity (Wildman–Crippen MR) is 127 cm³/mol. The van der Waals surface area contributed by atoms with Gasteiger partial charge >= 0.3 is 0 Å². The van der Waals surface area contributed by atoms with E-state index in [0.717, 1.165) is 36.8 Å². The Morgan fingerprint density at radius 1 is 1.00 bits per heavy atom. The molecule has 0 saturated carbocycles. The summed E-state index contributed by atoms with van der Waals surface area (Å²) in [5, 5.41) is 2.92. The second-order valence-electron chi connectivity index (χ2n) is 8.92. The zero-order valence-corrected chi connectivity index (χ0v) is 20.0. The van der Waals surface area contributed by atoms with Gasteiger partial charge in [-0.05, 0) is 49.1 Å². The van der Waals surface area contributed by atoms with E-state index in [1.807, 2.05) is 31.2 Å². The van der Waals surface area contributed by atoms with Crippen LogP contribution in [0.4, 0.5) is 5.69 Å². The van der Waals surface area contributed by atoms with Gasteiger partial charge in [0.15, 0.2) is 0 Å². The number of carbonyl (C=O) groups excluding carboxylic acids is 2. The molecule has 176 valence electrons. The lowest BCUT2D eigenvalue weighted by molar-refractivity contribution is -0.125. The van der Waals surface area contributed by atoms with Crippen LogP contribution in [0.25, 0.3) is 0 Å². The van der Waals surface area contributed by atoms with Crippen LogP contribution < -0.4 is 10.2 Å². The summed E-state index contributed by atoms with van der Waals surface area (Å²) >= 11 is 0. The lowest BCUT2D eigenvalue weighted by Gasteiger charge is -2.24. The van der Waals surface area contributed by atoms with Crippen LogP contribution in [0.3, 0.4) is 0 Å². The van der Waals surface area contributed by atoms with Crippen LogP contribution in [-0.4, -0.2) is 43.7 Å². The van der Waals surface area contributed by atoms with Crippen LogP contribution in [0.1, 0.15) is 49.3 Å². The standard InChI is InChI=1S/C25H31N3O4S/c1-18-7-9-20(10-8-18)17-26-25(30)24-16-21-15-22(11-12-23(21)28(24)19(2)29)33(31,32)27-13-5-3-4-6-14-27/h7-12,15,24H,3-6,13-14,16-17H2,1-2H3,(H,26,30)/t24-/m1/s1. The maximum absolute atomic E-state index is 13.2. The van der Waals surface area contributed by atoms with E-state index in [9.17, 15) is 18.0 Å². The number of benzene rings is 2. The highest BCUT2D eigenvalue weighted by Crippen LogP contribution is 2.35. The predicted octanol–water partition coefficient (Wildman–Crippen LogP) is 3.15. The van der Waals surface area contributed by atoms with Crippen LogP contribution in [0.15, 0.2) is 47.4 Å². The first-order valence-corrected chi connectivity index (χ1v) is 13.0. The zero-order chi connectivity index (χ0) is 23.6. The van der Waals surface area contributed by atoms with Crippen molar-refractivity contribution >= 4 is 27.5 Å². The molecular formula is C25H31N3O4S. The number of carbonyl (C=O) groups is 2. The van der Waals surface area contributed by atoms with Crippen molar-refractivity contribution < 1.29 is 18.0 Å². The maximum atomic E-state index is 13.2. The fourth-order valence-electron chi connectivity index (χ4n) is 4.63. The summed E-state index contributed by atoms with van der Waals surface area (Å²) in [5.74, 6) is -0.494. The molecule has 2 amide bonds. The van der Waals surface area contributed by atoms with Gasteiger partial charge in [-0.3, -0.25) is 14.5 Å². The van der Waals surface area contributed by atoms with Crippen LogP contribution in [0.5, 0.6) is 0 Å². The lowest BCUT2D eigenvalue weighted by Crippen LogP contribution is -2.47. The second-order valence-corrected chi connectivity index (χ2v) is 10.9. The second kappa shape index (κ2) is 9.65. The normalized spacial score (nSPS) is 19.1. The Labute approximate surface area is 195 Å². The molecule has 2 aromatic rings. The highest BCUT2D eigenvalue weighted by Gasteiger charge is 2.38. The molecule has 1 fully saturated rings. The van der Waals surface area contributed by atoms with E-state index in [1.165, 1.54) is 11.8 Å². The molecule has 2 heterocycles. The molecule has 1 atom stereocenters. The number of amides is 2. The smallest absolute Gasteiger partial charge is 0.243 e. The molecule has 33 heavy (non-hydrogen) atoms. The highest BCUT2D eigenvalue weighted by molar-refractivity contribution is 7.89. The summed E-state index contributed by atoms with van der Waals surface area (Å²) in [7, 11) is -3.60. The van der Waals surface area contributed by atoms with E-state index >= 15 is 0 Å². The van der Waals surface area contributed by atoms with Crippen LogP contribution in [-0.2, 0) is 32.6 Å². The first-order chi connectivity index (χ1) is 15.8. The van der Waals surface area contributed by atoms with Crippen LogP contribution in [0.2, 0.25) is 0 Å². The summed E-state index contributed by atoms with van der Waals surface area (Å²) in [6, 6.07) is 12.1. The number of fused-ring (bicyclic) bond motifs is 1. The fourth-order valence-corrected chi connectivity index (χ4v) is 6.20. The summed E-state index contributed by atoms with van der Waals surface area (Å²) in [5.41, 5.74) is 3.43. The molecule has 1 N–H and O–H groups in total. The van der Waals surface area contributed by atoms with Crippen molar-refractivity contribution in [3.63, 3.8) is 0 Å². The topological polar surface area (TPSA) is 86.8 Å². The lowest BCUT2D eigenvalue weighted by atomic mass is 10.1. The van der Waals surface area contributed by atoms with Gasteiger partial charge in [-0.2, -0.15) is 4.31 Å². The quantitative estimate of drug-likeness (QED) is 0.729. The van der Waals surface area contributed by atoms with Gasteiger partial charge < -0.3 is 5.32 Å². The number of hydrogen-bond acceptors (Lipinski definition) is 4. The molecule has 0 unspecified atom stereocenters. The van der Waals surface area contributed by atoms with E-state index in [4.69, 9.17) is 0 Å². The molecule has 0 aromatic heterocycles. The third-order valence-electron chi connectivity index (χ3n) is 6.47. The zero-order valence-electron chi connectivity index (χ0n) is 19.2. The van der Waals surface area contributed by atoms with Crippen molar-refractivity contribution in [2.24, 2.45) is 0 Å². The Morgan fingerprint density at radius 3 is 2.30 bits per heavy atom. The minimum absolute atomic E-state index is 0.229. The van der Waals surface area contributed by atoms with Gasteiger partial charge in [0.1, 0.15) is 6.04 Å². The summed E-state index contributed by atoms with van der Waals surface area (Å²) in [6.07, 6.45) is 4.11. The summed E-state index contributed by atoms with van der Waals surface area (Å²) in [6.45, 7) is 4.86. The fraction of sp³-hybridized carbons (Fsp3) is 0.440.